The van der Waals surface area contributed by atoms with Crippen LogP contribution in [0.15, 0.2) is 72.8 Å². The molecule has 0 saturated carbocycles. The predicted molar refractivity (Wildman–Crippen MR) is 145 cm³/mol. The summed E-state index contributed by atoms with van der Waals surface area (Å²) < 4.78 is 5.90. The van der Waals surface area contributed by atoms with Gasteiger partial charge in [0, 0.05) is 24.5 Å². The molecule has 190 valence electrons. The van der Waals surface area contributed by atoms with Crippen LogP contribution in [0.3, 0.4) is 0 Å². The fourth-order valence-electron chi connectivity index (χ4n) is 4.05. The molecule has 1 N–H and O–H groups in total. The molecule has 0 aliphatic carbocycles. The summed E-state index contributed by atoms with van der Waals surface area (Å²) in [7, 11) is 0. The van der Waals surface area contributed by atoms with Crippen molar-refractivity contribution >= 4 is 23.4 Å². The summed E-state index contributed by atoms with van der Waals surface area (Å²) in [5.74, 6) is 0.466. The number of nitrogens with one attached hydrogen (secondary N) is 1. The predicted octanol–water partition coefficient (Wildman–Crippen LogP) is 5.75. The molecule has 0 aliphatic rings. The Bertz CT molecular complexity index is 1140. The summed E-state index contributed by atoms with van der Waals surface area (Å²) >= 11 is 6.23. The van der Waals surface area contributed by atoms with Crippen LogP contribution in [-0.2, 0) is 22.6 Å². The van der Waals surface area contributed by atoms with E-state index in [2.05, 4.69) is 11.4 Å². The zero-order valence-electron chi connectivity index (χ0n) is 21.5. The lowest BCUT2D eigenvalue weighted by molar-refractivity contribution is -0.142. The highest BCUT2D eigenvalue weighted by atomic mass is 35.5. The first-order chi connectivity index (χ1) is 17.2. The lowest BCUT2D eigenvalue weighted by Crippen LogP contribution is -2.52. The summed E-state index contributed by atoms with van der Waals surface area (Å²) in [4.78, 5) is 28.7. The van der Waals surface area contributed by atoms with E-state index in [0.29, 0.717) is 23.7 Å². The van der Waals surface area contributed by atoms with Crippen molar-refractivity contribution in [3.05, 3.63) is 100 Å². The summed E-state index contributed by atoms with van der Waals surface area (Å²) in [6.07, 6.45) is 0.390. The second-order valence-electron chi connectivity index (χ2n) is 9.61. The molecule has 6 heteroatoms. The lowest BCUT2D eigenvalue weighted by Gasteiger charge is -2.31. The van der Waals surface area contributed by atoms with Gasteiger partial charge in [-0.2, -0.15) is 0 Å². The van der Waals surface area contributed by atoms with Gasteiger partial charge in [-0.1, -0.05) is 74.0 Å². The maximum absolute atomic E-state index is 13.6. The van der Waals surface area contributed by atoms with Crippen molar-refractivity contribution in [2.45, 2.75) is 46.7 Å². The van der Waals surface area contributed by atoms with E-state index >= 15 is 0 Å². The maximum atomic E-state index is 13.6. The van der Waals surface area contributed by atoms with Crippen molar-refractivity contribution in [1.82, 2.24) is 10.2 Å². The third kappa shape index (κ3) is 8.42. The van der Waals surface area contributed by atoms with Gasteiger partial charge in [0.05, 0.1) is 0 Å². The van der Waals surface area contributed by atoms with Gasteiger partial charge in [-0.15, -0.1) is 0 Å². The van der Waals surface area contributed by atoms with Gasteiger partial charge in [0.25, 0.3) is 5.91 Å². The topological polar surface area (TPSA) is 58.6 Å². The highest BCUT2D eigenvalue weighted by Crippen LogP contribution is 2.20. The number of hydrogen-bond donors (Lipinski definition) is 1. The number of amides is 2. The first kappa shape index (κ1) is 27.3. The third-order valence-corrected chi connectivity index (χ3v) is 5.99. The van der Waals surface area contributed by atoms with Gasteiger partial charge in [-0.05, 0) is 66.3 Å². The summed E-state index contributed by atoms with van der Waals surface area (Å²) in [5, 5.41) is 3.60. The molecule has 0 radical (unpaired) electrons. The van der Waals surface area contributed by atoms with E-state index < -0.39 is 6.04 Å². The maximum Gasteiger partial charge on any atom is 0.261 e. The molecule has 1 unspecified atom stereocenters. The first-order valence-corrected chi connectivity index (χ1v) is 12.7. The van der Waals surface area contributed by atoms with Crippen molar-refractivity contribution in [3.63, 3.8) is 0 Å². The minimum absolute atomic E-state index is 0.174. The molecular weight excluding hydrogens is 472 g/mol. The largest absolute Gasteiger partial charge is 0.484 e. The van der Waals surface area contributed by atoms with Crippen molar-refractivity contribution in [1.29, 1.82) is 0 Å². The molecule has 3 rings (SSSR count). The highest BCUT2D eigenvalue weighted by molar-refractivity contribution is 6.30. The Labute approximate surface area is 219 Å². The van der Waals surface area contributed by atoms with Crippen LogP contribution in [-0.4, -0.2) is 35.9 Å². The van der Waals surface area contributed by atoms with Gasteiger partial charge in [0.1, 0.15) is 11.8 Å². The molecule has 0 aromatic heterocycles. The van der Waals surface area contributed by atoms with Crippen LogP contribution >= 0.6 is 11.6 Å². The molecule has 2 amide bonds. The van der Waals surface area contributed by atoms with Crippen molar-refractivity contribution in [3.8, 4) is 5.75 Å². The number of rotatable bonds is 11. The standard InChI is InChI=1S/C30H35ClN2O3/c1-21(2)18-32-30(35)28(17-24-9-6-5-7-10-24)33(19-25-11-8-12-26(31)16-25)29(34)20-36-27-14-22(3)13-23(4)15-27/h5-16,21,28H,17-20H2,1-4H3,(H,32,35). The normalized spacial score (nSPS) is 11.7. The van der Waals surface area contributed by atoms with E-state index in [-0.39, 0.29) is 30.9 Å². The molecule has 0 spiro atoms. The Morgan fingerprint density at radius 1 is 0.917 bits per heavy atom. The van der Waals surface area contributed by atoms with Crippen LogP contribution in [0.4, 0.5) is 0 Å². The molecular formula is C30H35ClN2O3. The van der Waals surface area contributed by atoms with Crippen LogP contribution < -0.4 is 10.1 Å². The van der Waals surface area contributed by atoms with E-state index in [1.165, 1.54) is 0 Å². The van der Waals surface area contributed by atoms with Gasteiger partial charge in [-0.25, -0.2) is 0 Å². The van der Waals surface area contributed by atoms with Crippen LogP contribution in [0.5, 0.6) is 5.75 Å². The van der Waals surface area contributed by atoms with Crippen LogP contribution in [0.25, 0.3) is 0 Å². The minimum atomic E-state index is -0.708. The number of benzene rings is 3. The van der Waals surface area contributed by atoms with E-state index in [9.17, 15) is 9.59 Å². The van der Waals surface area contributed by atoms with E-state index in [0.717, 1.165) is 22.3 Å². The second kappa shape index (κ2) is 13.1. The molecule has 0 heterocycles. The van der Waals surface area contributed by atoms with Crippen LogP contribution in [0.2, 0.25) is 5.02 Å². The highest BCUT2D eigenvalue weighted by Gasteiger charge is 2.30. The van der Waals surface area contributed by atoms with Crippen molar-refractivity contribution in [2.24, 2.45) is 5.92 Å². The molecule has 1 atom stereocenters. The van der Waals surface area contributed by atoms with Gasteiger partial charge < -0.3 is 15.0 Å². The molecule has 3 aromatic carbocycles. The summed E-state index contributed by atoms with van der Waals surface area (Å²) in [5.41, 5.74) is 3.93. The number of hydrogen-bond acceptors (Lipinski definition) is 3. The molecule has 0 fully saturated rings. The van der Waals surface area contributed by atoms with Crippen molar-refractivity contribution < 1.29 is 14.3 Å². The molecule has 3 aromatic rings. The number of carbonyl (C=O) groups is 2. The number of nitrogens with zero attached hydrogens (tertiary/aromatic N) is 1. The molecule has 0 aliphatic heterocycles. The summed E-state index contributed by atoms with van der Waals surface area (Å²) in [6, 6.07) is 22.2. The smallest absolute Gasteiger partial charge is 0.261 e. The van der Waals surface area contributed by atoms with E-state index in [1.807, 2.05) is 88.4 Å². The zero-order chi connectivity index (χ0) is 26.1. The van der Waals surface area contributed by atoms with E-state index in [4.69, 9.17) is 16.3 Å². The monoisotopic (exact) mass is 506 g/mol. The van der Waals surface area contributed by atoms with E-state index in [1.54, 1.807) is 11.0 Å². The fourth-order valence-corrected chi connectivity index (χ4v) is 4.27. The second-order valence-corrected chi connectivity index (χ2v) is 10.0. The molecule has 0 bridgehead atoms. The average molecular weight is 507 g/mol. The van der Waals surface area contributed by atoms with Crippen LogP contribution in [0.1, 0.15) is 36.1 Å². The fraction of sp³-hybridized carbons (Fsp3) is 0.333. The quantitative estimate of drug-likeness (QED) is 0.360. The Hall–Kier alpha value is -3.31. The minimum Gasteiger partial charge on any atom is -0.484 e. The number of halogens is 1. The number of ether oxygens (including phenoxy) is 1. The summed E-state index contributed by atoms with van der Waals surface area (Å²) in [6.45, 7) is 8.65. The average Bonchev–Trinajstić information content (AvgIpc) is 2.83. The Morgan fingerprint density at radius 2 is 1.58 bits per heavy atom. The Morgan fingerprint density at radius 3 is 2.22 bits per heavy atom. The first-order valence-electron chi connectivity index (χ1n) is 12.3. The Kier molecular flexibility index (Phi) is 9.95. The SMILES string of the molecule is Cc1cc(C)cc(OCC(=O)N(Cc2cccc(Cl)c2)C(Cc2ccccc2)C(=O)NCC(C)C)c1. The zero-order valence-corrected chi connectivity index (χ0v) is 22.2. The molecule has 5 nitrogen and oxygen atoms in total. The number of aryl methyl sites for hydroxylation is 2. The number of carbonyl (C=O) groups excluding carboxylic acids is 2. The lowest BCUT2D eigenvalue weighted by atomic mass is 10.0. The molecule has 0 saturated heterocycles. The van der Waals surface area contributed by atoms with Gasteiger partial charge >= 0.3 is 0 Å². The van der Waals surface area contributed by atoms with Gasteiger partial charge in [-0.3, -0.25) is 9.59 Å². The van der Waals surface area contributed by atoms with Gasteiger partial charge in [0.15, 0.2) is 6.61 Å². The Balaban J connectivity index is 1.91. The van der Waals surface area contributed by atoms with Gasteiger partial charge in [0.2, 0.25) is 5.91 Å². The molecule has 36 heavy (non-hydrogen) atoms. The van der Waals surface area contributed by atoms with Crippen molar-refractivity contribution in [2.75, 3.05) is 13.2 Å². The van der Waals surface area contributed by atoms with Crippen LogP contribution in [0, 0.1) is 19.8 Å². The third-order valence-electron chi connectivity index (χ3n) is 5.76.